The van der Waals surface area contributed by atoms with E-state index in [4.69, 9.17) is 31.4 Å². The molecule has 1 fully saturated rings. The maximum atomic E-state index is 15.8. The van der Waals surface area contributed by atoms with Crippen molar-refractivity contribution in [2.75, 3.05) is 26.8 Å². The zero-order valence-corrected chi connectivity index (χ0v) is 29.2. The van der Waals surface area contributed by atoms with Gasteiger partial charge in [-0.1, -0.05) is 42.5 Å². The van der Waals surface area contributed by atoms with Crippen molar-refractivity contribution in [3.8, 4) is 16.9 Å². The maximum Gasteiger partial charge on any atom is 0.339 e. The van der Waals surface area contributed by atoms with Crippen molar-refractivity contribution in [3.63, 3.8) is 0 Å². The number of ether oxygens (including phenoxy) is 3. The van der Waals surface area contributed by atoms with E-state index >= 15 is 4.39 Å². The molecular weight excluding hydrogens is 614 g/mol. The van der Waals surface area contributed by atoms with Gasteiger partial charge in [-0.05, 0) is 95.0 Å². The highest BCUT2D eigenvalue weighted by atomic mass is 32.1. The number of carbonyl (C=O) groups is 1. The van der Waals surface area contributed by atoms with Crippen molar-refractivity contribution in [2.24, 2.45) is 7.05 Å². The Hall–Kier alpha value is -3.82. The van der Waals surface area contributed by atoms with Gasteiger partial charge in [0, 0.05) is 47.9 Å². The number of likely N-dealkylation sites (tertiary alicyclic amines) is 1. The molecule has 0 radical (unpaired) electrons. The number of rotatable bonds is 6. The van der Waals surface area contributed by atoms with Crippen LogP contribution in [0.1, 0.15) is 85.7 Å². The molecule has 0 amide bonds. The minimum absolute atomic E-state index is 0.311. The molecule has 2 aliphatic heterocycles. The number of nitrogens with zero attached hydrogens (tertiary/aromatic N) is 3. The van der Waals surface area contributed by atoms with Gasteiger partial charge in [-0.2, -0.15) is 0 Å². The molecule has 1 saturated heterocycles. The minimum Gasteiger partial charge on any atom is -0.490 e. The second kappa shape index (κ2) is 13.0. The largest absolute Gasteiger partial charge is 0.490 e. The van der Waals surface area contributed by atoms with Gasteiger partial charge in [0.15, 0.2) is 17.7 Å². The lowest BCUT2D eigenvalue weighted by atomic mass is 9.86. The van der Waals surface area contributed by atoms with Gasteiger partial charge in [-0.15, -0.1) is 0 Å². The van der Waals surface area contributed by atoms with E-state index in [1.165, 1.54) is 18.7 Å². The lowest BCUT2D eigenvalue weighted by Crippen LogP contribution is -2.38. The quantitative estimate of drug-likeness (QED) is 0.154. The number of thiocarbonyl (C=S) groups is 1. The van der Waals surface area contributed by atoms with Crippen LogP contribution in [0.5, 0.6) is 5.75 Å². The summed E-state index contributed by atoms with van der Waals surface area (Å²) in [6, 6.07) is 14.2. The highest BCUT2D eigenvalue weighted by Crippen LogP contribution is 2.45. The lowest BCUT2D eigenvalue weighted by molar-refractivity contribution is -0.164. The number of fused-ring (bicyclic) bond motifs is 2. The average molecular weight is 658 g/mol. The van der Waals surface area contributed by atoms with Crippen LogP contribution in [0.2, 0.25) is 0 Å². The van der Waals surface area contributed by atoms with E-state index in [1.807, 2.05) is 52.3 Å². The average Bonchev–Trinajstić information content (AvgIpc) is 3.39. The Bertz CT molecular complexity index is 1840. The first-order chi connectivity index (χ1) is 22.4. The number of piperidine rings is 1. The standard InChI is InChI=1S/C38H44FN3O4S/c1-22-26-14-11-19-45-33(26)29(39)20-27(22)32-28-21-30(36(47)42-17-15-25(16-18-42)24-12-9-8-10-13-24)41(6)35(28)40-23(2)31(32)34(37(43)44-7)46-38(3,4)5/h8-10,12-13,20-21,25,34H,11,14-19H2,1-7H3. The van der Waals surface area contributed by atoms with Crippen LogP contribution in [0.3, 0.4) is 0 Å². The number of hydrogen-bond acceptors (Lipinski definition) is 6. The summed E-state index contributed by atoms with van der Waals surface area (Å²) >= 11 is 6.16. The second-order valence-corrected chi connectivity index (χ2v) is 14.1. The number of esters is 1. The van der Waals surface area contributed by atoms with Crippen LogP contribution in [0.15, 0.2) is 42.5 Å². The summed E-state index contributed by atoms with van der Waals surface area (Å²) < 4.78 is 35.3. The topological polar surface area (TPSA) is 65.8 Å². The maximum absolute atomic E-state index is 15.8. The van der Waals surface area contributed by atoms with Gasteiger partial charge in [0.2, 0.25) is 0 Å². The second-order valence-electron chi connectivity index (χ2n) is 13.7. The summed E-state index contributed by atoms with van der Waals surface area (Å²) in [4.78, 5) is 21.5. The Balaban J connectivity index is 1.52. The SMILES string of the molecule is COC(=O)C(OC(C)(C)C)c1c(C)nc2c(cc(C(=S)N3CCC(c4ccccc4)CC3)n2C)c1-c1cc(F)c2c(c1C)CCCO2. The Labute approximate surface area is 282 Å². The molecule has 0 spiro atoms. The zero-order valence-electron chi connectivity index (χ0n) is 28.4. The third-order valence-corrected chi connectivity index (χ3v) is 10.00. The molecule has 4 aromatic rings. The summed E-state index contributed by atoms with van der Waals surface area (Å²) in [5.41, 5.74) is 6.53. The Morgan fingerprint density at radius 1 is 1.13 bits per heavy atom. The smallest absolute Gasteiger partial charge is 0.339 e. The van der Waals surface area contributed by atoms with Crippen molar-refractivity contribution in [3.05, 3.63) is 81.9 Å². The predicted molar refractivity (Wildman–Crippen MR) is 187 cm³/mol. The van der Waals surface area contributed by atoms with Crippen molar-refractivity contribution in [1.82, 2.24) is 14.5 Å². The third kappa shape index (κ3) is 6.27. The van der Waals surface area contributed by atoms with E-state index in [2.05, 4.69) is 35.2 Å². The van der Waals surface area contributed by atoms with E-state index in [1.54, 1.807) is 0 Å². The third-order valence-electron chi connectivity index (χ3n) is 9.53. The molecule has 0 saturated carbocycles. The summed E-state index contributed by atoms with van der Waals surface area (Å²) in [5, 5.41) is 0.773. The van der Waals surface area contributed by atoms with E-state index in [9.17, 15) is 4.79 Å². The molecule has 47 heavy (non-hydrogen) atoms. The molecular formula is C38H44FN3O4S. The molecule has 248 valence electrons. The first kappa shape index (κ1) is 33.1. The van der Waals surface area contributed by atoms with Crippen LogP contribution in [0.4, 0.5) is 4.39 Å². The van der Waals surface area contributed by atoms with Gasteiger partial charge < -0.3 is 23.7 Å². The molecule has 2 aromatic heterocycles. The molecule has 4 heterocycles. The number of benzene rings is 2. The predicted octanol–water partition coefficient (Wildman–Crippen LogP) is 7.91. The summed E-state index contributed by atoms with van der Waals surface area (Å²) in [6.07, 6.45) is 2.45. The molecule has 2 aliphatic rings. The lowest BCUT2D eigenvalue weighted by Gasteiger charge is -2.34. The van der Waals surface area contributed by atoms with E-state index in [-0.39, 0.29) is 0 Å². The van der Waals surface area contributed by atoms with Crippen LogP contribution in [-0.4, -0.2) is 57.8 Å². The van der Waals surface area contributed by atoms with Gasteiger partial charge in [-0.25, -0.2) is 14.2 Å². The van der Waals surface area contributed by atoms with Gasteiger partial charge >= 0.3 is 5.97 Å². The summed E-state index contributed by atoms with van der Waals surface area (Å²) in [7, 11) is 3.32. The number of hydrogen-bond donors (Lipinski definition) is 0. The molecule has 1 unspecified atom stereocenters. The fraction of sp³-hybridized carbons (Fsp3) is 0.447. The number of pyridine rings is 1. The highest BCUT2D eigenvalue weighted by molar-refractivity contribution is 7.80. The van der Waals surface area contributed by atoms with E-state index < -0.39 is 23.5 Å². The monoisotopic (exact) mass is 657 g/mol. The van der Waals surface area contributed by atoms with E-state index in [0.29, 0.717) is 52.7 Å². The van der Waals surface area contributed by atoms with Crippen molar-refractivity contribution < 1.29 is 23.4 Å². The van der Waals surface area contributed by atoms with Gasteiger partial charge in [0.25, 0.3) is 0 Å². The summed E-state index contributed by atoms with van der Waals surface area (Å²) in [5.74, 6) is -0.151. The van der Waals surface area contributed by atoms with Gasteiger partial charge in [0.05, 0.1) is 25.0 Å². The fourth-order valence-corrected chi connectivity index (χ4v) is 7.56. The molecule has 6 rings (SSSR count). The fourth-order valence-electron chi connectivity index (χ4n) is 7.18. The molecule has 0 bridgehead atoms. The van der Waals surface area contributed by atoms with Crippen LogP contribution in [-0.2, 0) is 27.7 Å². The Kier molecular flexibility index (Phi) is 9.15. The normalized spacial score (nSPS) is 16.1. The molecule has 1 atom stereocenters. The Morgan fingerprint density at radius 3 is 2.49 bits per heavy atom. The summed E-state index contributed by atoms with van der Waals surface area (Å²) in [6.45, 7) is 11.7. The van der Waals surface area contributed by atoms with Crippen molar-refractivity contribution >= 4 is 34.2 Å². The zero-order chi connectivity index (χ0) is 33.6. The number of methoxy groups -OCH3 is 1. The van der Waals surface area contributed by atoms with Gasteiger partial charge in [-0.3, -0.25) is 0 Å². The number of aromatic nitrogens is 2. The van der Waals surface area contributed by atoms with E-state index in [0.717, 1.165) is 59.5 Å². The van der Waals surface area contributed by atoms with Crippen LogP contribution in [0.25, 0.3) is 22.2 Å². The molecule has 7 nitrogen and oxygen atoms in total. The number of halogens is 1. The van der Waals surface area contributed by atoms with Gasteiger partial charge in [0.1, 0.15) is 10.6 Å². The van der Waals surface area contributed by atoms with Crippen molar-refractivity contribution in [2.45, 2.75) is 77.9 Å². The van der Waals surface area contributed by atoms with Crippen LogP contribution < -0.4 is 4.74 Å². The van der Waals surface area contributed by atoms with Crippen LogP contribution in [0, 0.1) is 19.7 Å². The molecule has 0 N–H and O–H groups in total. The minimum atomic E-state index is -1.09. The first-order valence-electron chi connectivity index (χ1n) is 16.4. The molecule has 9 heteroatoms. The Morgan fingerprint density at radius 2 is 1.83 bits per heavy atom. The number of aryl methyl sites for hydroxylation is 2. The highest BCUT2D eigenvalue weighted by Gasteiger charge is 2.36. The number of carbonyl (C=O) groups excluding carboxylic acids is 1. The molecule has 2 aromatic carbocycles. The van der Waals surface area contributed by atoms with Crippen LogP contribution >= 0.6 is 12.2 Å². The first-order valence-corrected chi connectivity index (χ1v) is 16.8. The van der Waals surface area contributed by atoms with Crippen molar-refractivity contribution in [1.29, 1.82) is 0 Å². The molecule has 0 aliphatic carbocycles.